The van der Waals surface area contributed by atoms with Crippen molar-refractivity contribution in [2.24, 2.45) is 0 Å². The number of rotatable bonds is 7. The Morgan fingerprint density at radius 2 is 1.67 bits per heavy atom. The third-order valence-electron chi connectivity index (χ3n) is 5.03. The third-order valence-corrected chi connectivity index (χ3v) is 5.03. The number of amides is 4. The molecule has 0 heterocycles. The lowest BCUT2D eigenvalue weighted by Crippen LogP contribution is -2.69. The van der Waals surface area contributed by atoms with Crippen LogP contribution in [-0.2, 0) is 4.79 Å². The number of hydrogen-bond acceptors (Lipinski definition) is 5. The Morgan fingerprint density at radius 3 is 2.25 bits per heavy atom. The number of hydrogen-bond donors (Lipinski definition) is 5. The summed E-state index contributed by atoms with van der Waals surface area (Å²) in [5.41, 5.74) is -0.105. The molecule has 2 rings (SSSR count). The van der Waals surface area contributed by atoms with Gasteiger partial charge in [0, 0.05) is 18.2 Å². The van der Waals surface area contributed by atoms with Crippen LogP contribution in [0, 0.1) is 23.7 Å². The van der Waals surface area contributed by atoms with Gasteiger partial charge in [-0.2, -0.15) is 0 Å². The number of alkyl halides is 2. The first-order chi connectivity index (χ1) is 17.2. The molecular formula is C25H24F2N4O5. The van der Waals surface area contributed by atoms with Gasteiger partial charge in [-0.05, 0) is 61.1 Å². The maximum Gasteiger partial charge on any atom is 0.315 e. The van der Waals surface area contributed by atoms with Crippen molar-refractivity contribution in [3.63, 3.8) is 0 Å². The zero-order chi connectivity index (χ0) is 26.7. The van der Waals surface area contributed by atoms with Crippen molar-refractivity contribution >= 4 is 17.8 Å². The highest BCUT2D eigenvalue weighted by Crippen LogP contribution is 2.21. The van der Waals surface area contributed by atoms with E-state index in [9.17, 15) is 23.2 Å². The molecule has 0 saturated carbocycles. The average Bonchev–Trinajstić information content (AvgIpc) is 2.89. The monoisotopic (exact) mass is 498 g/mol. The summed E-state index contributed by atoms with van der Waals surface area (Å²) in [7, 11) is 2.73. The Bertz CT molecular complexity index is 1230. The molecule has 0 aliphatic rings. The van der Waals surface area contributed by atoms with E-state index in [2.05, 4.69) is 34.3 Å². The van der Waals surface area contributed by atoms with E-state index >= 15 is 0 Å². The Morgan fingerprint density at radius 1 is 1.03 bits per heavy atom. The van der Waals surface area contributed by atoms with Crippen LogP contribution in [0.15, 0.2) is 48.5 Å². The van der Waals surface area contributed by atoms with Gasteiger partial charge in [-0.15, -0.1) is 0 Å². The summed E-state index contributed by atoms with van der Waals surface area (Å²) in [6, 6.07) is 9.90. The molecule has 5 N–H and O–H groups in total. The van der Waals surface area contributed by atoms with E-state index < -0.39 is 35.9 Å². The van der Waals surface area contributed by atoms with Gasteiger partial charge in [-0.25, -0.2) is 19.1 Å². The number of carbonyl (C=O) groups is 3. The summed E-state index contributed by atoms with van der Waals surface area (Å²) in [5, 5.41) is 15.2. The molecule has 0 saturated heterocycles. The van der Waals surface area contributed by atoms with Crippen LogP contribution in [0.5, 0.6) is 5.75 Å². The maximum atomic E-state index is 13.8. The Balaban J connectivity index is 2.20. The van der Waals surface area contributed by atoms with Gasteiger partial charge in [-0.3, -0.25) is 14.8 Å². The lowest BCUT2D eigenvalue weighted by Gasteiger charge is -2.36. The molecule has 2 aromatic carbocycles. The maximum absolute atomic E-state index is 13.8. The van der Waals surface area contributed by atoms with Crippen molar-refractivity contribution in [1.29, 1.82) is 0 Å². The summed E-state index contributed by atoms with van der Waals surface area (Å²) >= 11 is 0. The first-order valence-electron chi connectivity index (χ1n) is 10.4. The number of benzene rings is 2. The fourth-order valence-corrected chi connectivity index (χ4v) is 2.98. The Hall–Kier alpha value is -4.61. The van der Waals surface area contributed by atoms with Crippen molar-refractivity contribution in [3.8, 4) is 29.4 Å². The second-order valence-electron chi connectivity index (χ2n) is 7.45. The van der Waals surface area contributed by atoms with Gasteiger partial charge in [0.05, 0.1) is 12.7 Å². The minimum Gasteiger partial charge on any atom is -0.495 e. The van der Waals surface area contributed by atoms with Crippen LogP contribution >= 0.6 is 0 Å². The van der Waals surface area contributed by atoms with Gasteiger partial charge in [-0.1, -0.05) is 18.1 Å². The lowest BCUT2D eigenvalue weighted by molar-refractivity contribution is -0.135. The predicted octanol–water partition coefficient (Wildman–Crippen LogP) is 1.66. The van der Waals surface area contributed by atoms with E-state index in [1.807, 2.05) is 17.4 Å². The SMILES string of the molecule is CNC(=O)NC(C)(C(F)F)[C@H](NC(=O)c1ccc(C#CC#Cc2ccccc2OC)cc1)C(=O)NO. The molecule has 0 aliphatic heterocycles. The van der Waals surface area contributed by atoms with E-state index in [1.165, 1.54) is 43.9 Å². The molecule has 188 valence electrons. The highest BCUT2D eigenvalue weighted by molar-refractivity contribution is 5.98. The number of urea groups is 1. The summed E-state index contributed by atoms with van der Waals surface area (Å²) < 4.78 is 32.9. The second kappa shape index (κ2) is 12.7. The standard InChI is InChI=1S/C25H24F2N4O5/c1-25(23(26)27,30-24(34)28-2)20(22(33)31-35)29-21(32)18-14-12-16(13-15-18)8-4-5-9-17-10-6-7-11-19(17)36-3/h6-7,10-15,20,23,35H,1-3H3,(H,29,32)(H,31,33)(H2,28,30,34)/t20-,25?/m1/s1. The molecule has 9 nitrogen and oxygen atoms in total. The molecule has 36 heavy (non-hydrogen) atoms. The van der Waals surface area contributed by atoms with Crippen molar-refractivity contribution < 1.29 is 33.1 Å². The fraction of sp³-hybridized carbons (Fsp3) is 0.240. The largest absolute Gasteiger partial charge is 0.495 e. The minimum absolute atomic E-state index is 0.0213. The van der Waals surface area contributed by atoms with Gasteiger partial charge in [0.2, 0.25) is 0 Å². The molecule has 2 atom stereocenters. The van der Waals surface area contributed by atoms with Crippen molar-refractivity contribution in [2.75, 3.05) is 14.2 Å². The lowest BCUT2D eigenvalue weighted by atomic mass is 9.91. The summed E-state index contributed by atoms with van der Waals surface area (Å²) in [6.07, 6.45) is -3.29. The van der Waals surface area contributed by atoms with E-state index in [-0.39, 0.29) is 5.56 Å². The Labute approximate surface area is 206 Å². The summed E-state index contributed by atoms with van der Waals surface area (Å²) in [6.45, 7) is 0.859. The van der Waals surface area contributed by atoms with Crippen molar-refractivity contribution in [1.82, 2.24) is 21.4 Å². The van der Waals surface area contributed by atoms with Crippen molar-refractivity contribution in [3.05, 3.63) is 65.2 Å². The number of carbonyl (C=O) groups excluding carboxylic acids is 3. The molecule has 0 spiro atoms. The molecule has 0 radical (unpaired) electrons. The van der Waals surface area contributed by atoms with Crippen LogP contribution in [-0.4, -0.2) is 55.2 Å². The van der Waals surface area contributed by atoms with E-state index in [0.717, 1.165) is 6.92 Å². The smallest absolute Gasteiger partial charge is 0.315 e. The van der Waals surface area contributed by atoms with Gasteiger partial charge in [0.15, 0.2) is 0 Å². The van der Waals surface area contributed by atoms with Crippen LogP contribution in [0.1, 0.15) is 28.4 Å². The van der Waals surface area contributed by atoms with Crippen LogP contribution in [0.2, 0.25) is 0 Å². The number of nitrogens with one attached hydrogen (secondary N) is 4. The number of hydroxylamine groups is 1. The van der Waals surface area contributed by atoms with Gasteiger partial charge in [0.1, 0.15) is 17.3 Å². The van der Waals surface area contributed by atoms with Crippen LogP contribution < -0.4 is 26.2 Å². The van der Waals surface area contributed by atoms with Crippen LogP contribution in [0.25, 0.3) is 0 Å². The fourth-order valence-electron chi connectivity index (χ4n) is 2.98. The molecule has 11 heteroatoms. The first kappa shape index (κ1) is 27.6. The van der Waals surface area contributed by atoms with Gasteiger partial charge >= 0.3 is 6.03 Å². The Kier molecular flexibility index (Phi) is 9.78. The summed E-state index contributed by atoms with van der Waals surface area (Å²) in [4.78, 5) is 36.5. The average molecular weight is 498 g/mol. The molecule has 0 aliphatic carbocycles. The third kappa shape index (κ3) is 6.95. The molecule has 0 aromatic heterocycles. The highest BCUT2D eigenvalue weighted by atomic mass is 19.3. The van der Waals surface area contributed by atoms with Crippen molar-refractivity contribution in [2.45, 2.75) is 24.9 Å². The molecule has 2 aromatic rings. The number of para-hydroxylation sites is 1. The number of methoxy groups -OCH3 is 1. The number of halogens is 2. The molecular weight excluding hydrogens is 474 g/mol. The van der Waals surface area contributed by atoms with Crippen LogP contribution in [0.3, 0.4) is 0 Å². The van der Waals surface area contributed by atoms with E-state index in [1.54, 1.807) is 12.1 Å². The number of ether oxygens (including phenoxy) is 1. The summed E-state index contributed by atoms with van der Waals surface area (Å²) in [5.74, 6) is 9.44. The highest BCUT2D eigenvalue weighted by Gasteiger charge is 2.48. The van der Waals surface area contributed by atoms with Gasteiger partial charge in [0.25, 0.3) is 18.2 Å². The normalized spacial score (nSPS) is 12.4. The minimum atomic E-state index is -3.29. The molecule has 0 bridgehead atoms. The molecule has 0 fully saturated rings. The quantitative estimate of drug-likeness (QED) is 0.225. The van der Waals surface area contributed by atoms with Gasteiger partial charge < -0.3 is 20.7 Å². The zero-order valence-corrected chi connectivity index (χ0v) is 19.6. The predicted molar refractivity (Wildman–Crippen MR) is 126 cm³/mol. The zero-order valence-electron chi connectivity index (χ0n) is 19.6. The molecule has 4 amide bonds. The second-order valence-corrected chi connectivity index (χ2v) is 7.45. The topological polar surface area (TPSA) is 129 Å². The first-order valence-corrected chi connectivity index (χ1v) is 10.4. The van der Waals surface area contributed by atoms with E-state index in [0.29, 0.717) is 16.9 Å². The van der Waals surface area contributed by atoms with Crippen LogP contribution in [0.4, 0.5) is 13.6 Å². The molecule has 1 unspecified atom stereocenters. The van der Waals surface area contributed by atoms with E-state index in [4.69, 9.17) is 9.94 Å².